The molecule has 0 bridgehead atoms. The SMILES string of the molecule is COc1cc(/C=C(/C)CO)cc2c1OCO2. The van der Waals surface area contributed by atoms with E-state index in [4.69, 9.17) is 19.3 Å². The Labute approximate surface area is 94.1 Å². The van der Waals surface area contributed by atoms with Crippen LogP contribution in [0.1, 0.15) is 12.5 Å². The van der Waals surface area contributed by atoms with Gasteiger partial charge in [0.1, 0.15) is 0 Å². The number of methoxy groups -OCH3 is 1. The molecule has 0 fully saturated rings. The lowest BCUT2D eigenvalue weighted by Gasteiger charge is -2.06. The number of ether oxygens (including phenoxy) is 3. The Bertz CT molecular complexity index is 423. The number of benzene rings is 1. The highest BCUT2D eigenvalue weighted by atomic mass is 16.7. The molecule has 4 heteroatoms. The van der Waals surface area contributed by atoms with E-state index in [-0.39, 0.29) is 13.4 Å². The van der Waals surface area contributed by atoms with Crippen molar-refractivity contribution in [3.05, 3.63) is 23.3 Å². The van der Waals surface area contributed by atoms with Crippen molar-refractivity contribution < 1.29 is 19.3 Å². The molecule has 1 aliphatic heterocycles. The van der Waals surface area contributed by atoms with Crippen molar-refractivity contribution in [1.82, 2.24) is 0 Å². The van der Waals surface area contributed by atoms with E-state index in [1.54, 1.807) is 7.11 Å². The number of aliphatic hydroxyl groups excluding tert-OH is 1. The van der Waals surface area contributed by atoms with Crippen LogP contribution >= 0.6 is 0 Å². The lowest BCUT2D eigenvalue weighted by atomic mass is 10.1. The summed E-state index contributed by atoms with van der Waals surface area (Å²) in [6, 6.07) is 3.72. The second-order valence-corrected chi connectivity index (χ2v) is 3.61. The Morgan fingerprint density at radius 1 is 1.50 bits per heavy atom. The fraction of sp³-hybridized carbons (Fsp3) is 0.333. The van der Waals surface area contributed by atoms with E-state index < -0.39 is 0 Å². The van der Waals surface area contributed by atoms with Gasteiger partial charge in [-0.2, -0.15) is 0 Å². The Morgan fingerprint density at radius 3 is 3.00 bits per heavy atom. The molecule has 0 saturated carbocycles. The first-order valence-corrected chi connectivity index (χ1v) is 5.00. The zero-order valence-electron chi connectivity index (χ0n) is 9.32. The topological polar surface area (TPSA) is 47.9 Å². The predicted octanol–water partition coefficient (Wildman–Crippen LogP) is 1.82. The first kappa shape index (κ1) is 10.8. The van der Waals surface area contributed by atoms with Crippen LogP contribution in [0, 0.1) is 0 Å². The summed E-state index contributed by atoms with van der Waals surface area (Å²) < 4.78 is 15.8. The van der Waals surface area contributed by atoms with Crippen molar-refractivity contribution in [3.8, 4) is 17.2 Å². The molecule has 0 saturated heterocycles. The summed E-state index contributed by atoms with van der Waals surface area (Å²) in [5.74, 6) is 1.96. The summed E-state index contributed by atoms with van der Waals surface area (Å²) in [7, 11) is 1.59. The molecule has 16 heavy (non-hydrogen) atoms. The van der Waals surface area contributed by atoms with E-state index in [0.29, 0.717) is 17.2 Å². The molecule has 86 valence electrons. The van der Waals surface area contributed by atoms with Gasteiger partial charge in [-0.1, -0.05) is 6.08 Å². The van der Waals surface area contributed by atoms with Crippen LogP contribution in [0.25, 0.3) is 6.08 Å². The third-order valence-electron chi connectivity index (χ3n) is 2.34. The first-order valence-electron chi connectivity index (χ1n) is 5.00. The number of fused-ring (bicyclic) bond motifs is 1. The van der Waals surface area contributed by atoms with Gasteiger partial charge >= 0.3 is 0 Å². The van der Waals surface area contributed by atoms with Crippen molar-refractivity contribution in [2.45, 2.75) is 6.92 Å². The number of aliphatic hydroxyl groups is 1. The fourth-order valence-corrected chi connectivity index (χ4v) is 1.56. The van der Waals surface area contributed by atoms with Gasteiger partial charge in [-0.15, -0.1) is 0 Å². The molecule has 4 nitrogen and oxygen atoms in total. The Kier molecular flexibility index (Phi) is 3.01. The minimum Gasteiger partial charge on any atom is -0.493 e. The normalized spacial score (nSPS) is 14.1. The lowest BCUT2D eigenvalue weighted by molar-refractivity contribution is 0.171. The average Bonchev–Trinajstić information content (AvgIpc) is 2.75. The molecular weight excluding hydrogens is 208 g/mol. The molecule has 0 aromatic heterocycles. The largest absolute Gasteiger partial charge is 0.493 e. The van der Waals surface area contributed by atoms with Gasteiger partial charge in [0.05, 0.1) is 13.7 Å². The van der Waals surface area contributed by atoms with E-state index in [0.717, 1.165) is 11.1 Å². The monoisotopic (exact) mass is 222 g/mol. The molecule has 2 rings (SSSR count). The van der Waals surface area contributed by atoms with E-state index in [2.05, 4.69) is 0 Å². The Balaban J connectivity index is 2.42. The molecule has 1 heterocycles. The van der Waals surface area contributed by atoms with Crippen LogP contribution < -0.4 is 14.2 Å². The van der Waals surface area contributed by atoms with Gasteiger partial charge in [-0.25, -0.2) is 0 Å². The molecule has 1 N–H and O–H groups in total. The molecule has 0 amide bonds. The summed E-state index contributed by atoms with van der Waals surface area (Å²) in [5.41, 5.74) is 1.80. The number of rotatable bonds is 3. The van der Waals surface area contributed by atoms with Crippen LogP contribution in [0.15, 0.2) is 17.7 Å². The first-order chi connectivity index (χ1) is 7.74. The van der Waals surface area contributed by atoms with Crippen molar-refractivity contribution >= 4 is 6.08 Å². The molecule has 0 spiro atoms. The minimum atomic E-state index is 0.0384. The van der Waals surface area contributed by atoms with Gasteiger partial charge in [-0.3, -0.25) is 0 Å². The summed E-state index contributed by atoms with van der Waals surface area (Å²) in [6.07, 6.45) is 1.88. The van der Waals surface area contributed by atoms with Crippen LogP contribution in [0.5, 0.6) is 17.2 Å². The molecule has 1 aromatic rings. The maximum Gasteiger partial charge on any atom is 0.231 e. The van der Waals surface area contributed by atoms with Crippen LogP contribution in [0.4, 0.5) is 0 Å². The molecule has 1 aromatic carbocycles. The van der Waals surface area contributed by atoms with Gasteiger partial charge in [0, 0.05) is 0 Å². The summed E-state index contributed by atoms with van der Waals surface area (Å²) >= 11 is 0. The van der Waals surface area contributed by atoms with Gasteiger partial charge in [0.25, 0.3) is 0 Å². The number of hydrogen-bond acceptors (Lipinski definition) is 4. The van der Waals surface area contributed by atoms with Gasteiger partial charge in [-0.05, 0) is 30.2 Å². The van der Waals surface area contributed by atoms with E-state index in [1.807, 2.05) is 25.1 Å². The van der Waals surface area contributed by atoms with E-state index in [9.17, 15) is 0 Å². The quantitative estimate of drug-likeness (QED) is 0.847. The second-order valence-electron chi connectivity index (χ2n) is 3.61. The van der Waals surface area contributed by atoms with Gasteiger partial charge < -0.3 is 19.3 Å². The molecular formula is C12H14O4. The smallest absolute Gasteiger partial charge is 0.231 e. The van der Waals surface area contributed by atoms with Crippen molar-refractivity contribution in [2.75, 3.05) is 20.5 Å². The van der Waals surface area contributed by atoms with Crippen LogP contribution in [-0.2, 0) is 0 Å². The molecule has 0 aliphatic carbocycles. The van der Waals surface area contributed by atoms with Crippen LogP contribution in [0.3, 0.4) is 0 Å². The third-order valence-corrected chi connectivity index (χ3v) is 2.34. The third kappa shape index (κ3) is 1.97. The van der Waals surface area contributed by atoms with Crippen LogP contribution in [0.2, 0.25) is 0 Å². The number of hydrogen-bond donors (Lipinski definition) is 1. The van der Waals surface area contributed by atoms with E-state index >= 15 is 0 Å². The molecule has 1 aliphatic rings. The van der Waals surface area contributed by atoms with Crippen molar-refractivity contribution in [2.24, 2.45) is 0 Å². The maximum atomic E-state index is 8.96. The highest BCUT2D eigenvalue weighted by molar-refractivity contribution is 5.63. The standard InChI is InChI=1S/C12H14O4/c1-8(6-13)3-9-4-10(14-2)12-11(5-9)15-7-16-12/h3-5,13H,6-7H2,1-2H3/b8-3-. The summed E-state index contributed by atoms with van der Waals surface area (Å²) in [6.45, 7) is 2.12. The van der Waals surface area contributed by atoms with Crippen molar-refractivity contribution in [1.29, 1.82) is 0 Å². The Hall–Kier alpha value is -1.68. The van der Waals surface area contributed by atoms with Gasteiger partial charge in [0.15, 0.2) is 11.5 Å². The van der Waals surface area contributed by atoms with Crippen LogP contribution in [-0.4, -0.2) is 25.6 Å². The second kappa shape index (κ2) is 4.45. The average molecular weight is 222 g/mol. The zero-order chi connectivity index (χ0) is 11.5. The maximum absolute atomic E-state index is 8.96. The highest BCUT2D eigenvalue weighted by Crippen LogP contribution is 2.42. The lowest BCUT2D eigenvalue weighted by Crippen LogP contribution is -1.93. The molecule has 0 unspecified atom stereocenters. The molecule has 0 radical (unpaired) electrons. The van der Waals surface area contributed by atoms with Crippen molar-refractivity contribution in [3.63, 3.8) is 0 Å². The molecule has 0 atom stereocenters. The predicted molar refractivity (Wildman–Crippen MR) is 59.9 cm³/mol. The van der Waals surface area contributed by atoms with E-state index in [1.165, 1.54) is 0 Å². The summed E-state index contributed by atoms with van der Waals surface area (Å²) in [4.78, 5) is 0. The highest BCUT2D eigenvalue weighted by Gasteiger charge is 2.19. The Morgan fingerprint density at radius 2 is 2.31 bits per heavy atom. The zero-order valence-corrected chi connectivity index (χ0v) is 9.32. The summed E-state index contributed by atoms with van der Waals surface area (Å²) in [5, 5.41) is 8.96. The fourth-order valence-electron chi connectivity index (χ4n) is 1.56. The van der Waals surface area contributed by atoms with Gasteiger partial charge in [0.2, 0.25) is 12.5 Å². The minimum absolute atomic E-state index is 0.0384.